The van der Waals surface area contributed by atoms with Crippen molar-refractivity contribution < 1.29 is 0 Å². The van der Waals surface area contributed by atoms with Gasteiger partial charge in [0.1, 0.15) is 0 Å². The van der Waals surface area contributed by atoms with Gasteiger partial charge in [0.05, 0.1) is 5.41 Å². The van der Waals surface area contributed by atoms with Gasteiger partial charge in [0.25, 0.3) is 0 Å². The zero-order chi connectivity index (χ0) is 37.5. The molecular formula is C56H40. The van der Waals surface area contributed by atoms with Crippen LogP contribution in [0.1, 0.15) is 27.8 Å². The molecule has 0 N–H and O–H groups in total. The van der Waals surface area contributed by atoms with Crippen LogP contribution in [0.3, 0.4) is 0 Å². The lowest BCUT2D eigenvalue weighted by Gasteiger charge is -2.36. The van der Waals surface area contributed by atoms with Gasteiger partial charge < -0.3 is 0 Å². The summed E-state index contributed by atoms with van der Waals surface area (Å²) in [6, 6.07) is 82.9. The Morgan fingerprint density at radius 3 is 1.30 bits per heavy atom. The van der Waals surface area contributed by atoms with Crippen LogP contribution in [-0.2, 0) is 5.41 Å². The average Bonchev–Trinajstić information content (AvgIpc) is 3.58. The number of rotatable bonds is 7. The number of aryl methyl sites for hydroxylation is 1. The fourth-order valence-corrected chi connectivity index (χ4v) is 9.00. The summed E-state index contributed by atoms with van der Waals surface area (Å²) in [5.74, 6) is 0. The van der Waals surface area contributed by atoms with Crippen molar-refractivity contribution in [3.8, 4) is 66.8 Å². The summed E-state index contributed by atoms with van der Waals surface area (Å²) in [6.07, 6.45) is 0. The van der Waals surface area contributed by atoms with E-state index in [2.05, 4.69) is 231 Å². The Bertz CT molecular complexity index is 2800. The molecule has 9 aromatic rings. The van der Waals surface area contributed by atoms with Gasteiger partial charge >= 0.3 is 0 Å². The normalized spacial score (nSPS) is 14.2. The summed E-state index contributed by atoms with van der Waals surface area (Å²) >= 11 is 0. The van der Waals surface area contributed by atoms with Crippen molar-refractivity contribution in [2.75, 3.05) is 0 Å². The van der Waals surface area contributed by atoms with Crippen LogP contribution in [-0.4, -0.2) is 0 Å². The highest BCUT2D eigenvalue weighted by molar-refractivity contribution is 5.99. The first-order chi connectivity index (χ1) is 27.7. The SMILES string of the molecule is Cc1ccc(C2(c3ccccc3)c3cc(-c4ccccc4)ccc3-c3cc(-c4ccc(-c5ccccc5)cc4)cc(-c4ccccc4-c4ccccc4)c32)cc1. The van der Waals surface area contributed by atoms with Crippen LogP contribution in [0.25, 0.3) is 66.8 Å². The van der Waals surface area contributed by atoms with Gasteiger partial charge in [0.2, 0.25) is 0 Å². The number of hydrogen-bond donors (Lipinski definition) is 0. The summed E-state index contributed by atoms with van der Waals surface area (Å²) in [5, 5.41) is 0. The maximum atomic E-state index is 2.47. The van der Waals surface area contributed by atoms with E-state index in [4.69, 9.17) is 0 Å². The van der Waals surface area contributed by atoms with Crippen LogP contribution < -0.4 is 0 Å². The Hall–Kier alpha value is -7.02. The molecule has 0 saturated carbocycles. The Kier molecular flexibility index (Phi) is 8.38. The molecule has 0 aromatic heterocycles. The molecule has 9 aromatic carbocycles. The van der Waals surface area contributed by atoms with E-state index in [-0.39, 0.29) is 0 Å². The molecule has 0 saturated heterocycles. The van der Waals surface area contributed by atoms with Crippen molar-refractivity contribution in [2.45, 2.75) is 12.3 Å². The van der Waals surface area contributed by atoms with Crippen molar-refractivity contribution in [1.29, 1.82) is 0 Å². The second-order valence-electron chi connectivity index (χ2n) is 14.9. The second kappa shape index (κ2) is 14.0. The topological polar surface area (TPSA) is 0 Å². The molecule has 1 unspecified atom stereocenters. The van der Waals surface area contributed by atoms with Gasteiger partial charge in [0.15, 0.2) is 0 Å². The van der Waals surface area contributed by atoms with Crippen LogP contribution in [0.5, 0.6) is 0 Å². The molecule has 1 atom stereocenters. The summed E-state index contributed by atoms with van der Waals surface area (Å²) in [5.41, 5.74) is 20.5. The zero-order valence-corrected chi connectivity index (χ0v) is 31.4. The van der Waals surface area contributed by atoms with Gasteiger partial charge in [-0.1, -0.05) is 212 Å². The van der Waals surface area contributed by atoms with E-state index in [0.717, 1.165) is 0 Å². The first-order valence-electron chi connectivity index (χ1n) is 19.5. The van der Waals surface area contributed by atoms with Crippen LogP contribution >= 0.6 is 0 Å². The molecule has 56 heavy (non-hydrogen) atoms. The standard InChI is InChI=1S/C56H40/c1-39-26-33-48(34-27-39)56(47-22-12-5-13-23-47)54-38-45(41-18-8-3-9-19-41)32-35-51(54)53-37-46(43-30-28-42(29-31-43)40-16-6-2-7-17-40)36-52(55(53)56)50-25-15-14-24-49(50)44-20-10-4-11-21-44/h2-38H,1H3. The fraction of sp³-hybridized carbons (Fsp3) is 0.0357. The van der Waals surface area contributed by atoms with Crippen molar-refractivity contribution >= 4 is 0 Å². The van der Waals surface area contributed by atoms with Gasteiger partial charge in [-0.05, 0) is 114 Å². The van der Waals surface area contributed by atoms with E-state index in [9.17, 15) is 0 Å². The smallest absolute Gasteiger partial charge is 0.0622 e. The molecule has 0 amide bonds. The lowest BCUT2D eigenvalue weighted by molar-refractivity contribution is 0.770. The minimum absolute atomic E-state index is 0.598. The van der Waals surface area contributed by atoms with Gasteiger partial charge in [-0.15, -0.1) is 0 Å². The quantitative estimate of drug-likeness (QED) is 0.154. The lowest BCUT2D eigenvalue weighted by Crippen LogP contribution is -2.29. The molecule has 0 heteroatoms. The Morgan fingerprint density at radius 1 is 0.268 bits per heavy atom. The number of benzene rings is 9. The van der Waals surface area contributed by atoms with Crippen molar-refractivity contribution in [1.82, 2.24) is 0 Å². The Morgan fingerprint density at radius 2 is 0.696 bits per heavy atom. The molecule has 0 radical (unpaired) electrons. The van der Waals surface area contributed by atoms with Crippen molar-refractivity contribution in [3.63, 3.8) is 0 Å². The highest BCUT2D eigenvalue weighted by Crippen LogP contribution is 2.60. The van der Waals surface area contributed by atoms with Crippen LogP contribution in [0.2, 0.25) is 0 Å². The highest BCUT2D eigenvalue weighted by atomic mass is 14.5. The summed E-state index contributed by atoms with van der Waals surface area (Å²) in [7, 11) is 0. The van der Waals surface area contributed by atoms with E-state index in [1.165, 1.54) is 94.6 Å². The Labute approximate surface area is 330 Å². The molecule has 1 aliphatic rings. The van der Waals surface area contributed by atoms with Crippen molar-refractivity contribution in [2.24, 2.45) is 0 Å². The lowest BCUT2D eigenvalue weighted by atomic mass is 9.65. The maximum absolute atomic E-state index is 2.47. The van der Waals surface area contributed by atoms with Crippen molar-refractivity contribution in [3.05, 3.63) is 252 Å². The molecule has 0 aliphatic heterocycles. The molecule has 0 heterocycles. The first-order valence-corrected chi connectivity index (χ1v) is 19.5. The van der Waals surface area contributed by atoms with Gasteiger partial charge in [-0.25, -0.2) is 0 Å². The number of hydrogen-bond acceptors (Lipinski definition) is 0. The van der Waals surface area contributed by atoms with E-state index in [0.29, 0.717) is 0 Å². The molecule has 1 aliphatic carbocycles. The molecule has 0 fully saturated rings. The molecule has 10 rings (SSSR count). The monoisotopic (exact) mass is 712 g/mol. The van der Waals surface area contributed by atoms with E-state index in [1.54, 1.807) is 0 Å². The Balaban J connectivity index is 1.33. The van der Waals surface area contributed by atoms with Gasteiger partial charge in [0, 0.05) is 0 Å². The maximum Gasteiger partial charge on any atom is 0.0719 e. The molecular weight excluding hydrogens is 673 g/mol. The largest absolute Gasteiger partial charge is 0.0719 e. The van der Waals surface area contributed by atoms with Crippen LogP contribution in [0.4, 0.5) is 0 Å². The van der Waals surface area contributed by atoms with Crippen LogP contribution in [0, 0.1) is 6.92 Å². The summed E-state index contributed by atoms with van der Waals surface area (Å²) < 4.78 is 0. The van der Waals surface area contributed by atoms with Gasteiger partial charge in [-0.3, -0.25) is 0 Å². The third-order valence-corrected chi connectivity index (χ3v) is 11.7. The van der Waals surface area contributed by atoms with Crippen LogP contribution in [0.15, 0.2) is 224 Å². The minimum atomic E-state index is -0.598. The minimum Gasteiger partial charge on any atom is -0.0622 e. The predicted molar refractivity (Wildman–Crippen MR) is 236 cm³/mol. The molecule has 0 nitrogen and oxygen atoms in total. The zero-order valence-electron chi connectivity index (χ0n) is 31.4. The van der Waals surface area contributed by atoms with E-state index < -0.39 is 5.41 Å². The molecule has 0 spiro atoms. The number of fused-ring (bicyclic) bond motifs is 3. The first kappa shape index (κ1) is 33.5. The highest BCUT2D eigenvalue weighted by Gasteiger charge is 2.48. The summed E-state index contributed by atoms with van der Waals surface area (Å²) in [4.78, 5) is 0. The second-order valence-corrected chi connectivity index (χ2v) is 14.9. The fourth-order valence-electron chi connectivity index (χ4n) is 9.00. The molecule has 0 bridgehead atoms. The third kappa shape index (κ3) is 5.62. The van der Waals surface area contributed by atoms with E-state index >= 15 is 0 Å². The molecule has 264 valence electrons. The average molecular weight is 713 g/mol. The van der Waals surface area contributed by atoms with Gasteiger partial charge in [-0.2, -0.15) is 0 Å². The third-order valence-electron chi connectivity index (χ3n) is 11.7. The van der Waals surface area contributed by atoms with E-state index in [1.807, 2.05) is 0 Å². The summed E-state index contributed by atoms with van der Waals surface area (Å²) in [6.45, 7) is 2.18. The predicted octanol–water partition coefficient (Wildman–Crippen LogP) is 14.7.